The van der Waals surface area contributed by atoms with E-state index in [4.69, 9.17) is 4.98 Å². The lowest BCUT2D eigenvalue weighted by molar-refractivity contribution is -0.120. The van der Waals surface area contributed by atoms with E-state index in [-0.39, 0.29) is 11.8 Å². The standard InChI is InChI=1S/C26H38N2OS/c29-25(21-15-11-7-3-4-8-12-16-21)28-23-19-27-26-22(17-18-30-26)24(23)20-13-9-5-1-2-6-10-14-20/h17-21H,1-16H2,(H,28,29). The van der Waals surface area contributed by atoms with Crippen LogP contribution in [0.4, 0.5) is 5.69 Å². The molecule has 0 spiro atoms. The lowest BCUT2D eigenvalue weighted by Gasteiger charge is -2.23. The van der Waals surface area contributed by atoms with Crippen LogP contribution in [-0.2, 0) is 4.79 Å². The Hall–Kier alpha value is -1.42. The molecule has 2 fully saturated rings. The van der Waals surface area contributed by atoms with Crippen LogP contribution < -0.4 is 5.32 Å². The van der Waals surface area contributed by atoms with Gasteiger partial charge in [-0.2, -0.15) is 0 Å². The fourth-order valence-electron chi connectivity index (χ4n) is 5.53. The first-order valence-corrected chi connectivity index (χ1v) is 13.4. The van der Waals surface area contributed by atoms with Crippen LogP contribution in [0.2, 0.25) is 0 Å². The van der Waals surface area contributed by atoms with E-state index in [1.54, 1.807) is 11.3 Å². The summed E-state index contributed by atoms with van der Waals surface area (Å²) in [6.07, 6.45) is 22.2. The van der Waals surface area contributed by atoms with Gasteiger partial charge in [0, 0.05) is 11.3 Å². The van der Waals surface area contributed by atoms with Crippen LogP contribution in [0.25, 0.3) is 10.2 Å². The number of hydrogen-bond donors (Lipinski definition) is 1. The van der Waals surface area contributed by atoms with E-state index >= 15 is 0 Å². The van der Waals surface area contributed by atoms with Gasteiger partial charge in [-0.25, -0.2) is 4.98 Å². The molecule has 0 radical (unpaired) electrons. The molecule has 164 valence electrons. The summed E-state index contributed by atoms with van der Waals surface area (Å²) in [4.78, 5) is 19.1. The van der Waals surface area contributed by atoms with E-state index in [1.165, 1.54) is 101 Å². The molecule has 1 N–H and O–H groups in total. The van der Waals surface area contributed by atoms with Gasteiger partial charge in [0.1, 0.15) is 4.83 Å². The van der Waals surface area contributed by atoms with E-state index in [1.807, 2.05) is 6.20 Å². The van der Waals surface area contributed by atoms with Crippen LogP contribution in [0.5, 0.6) is 0 Å². The number of carbonyl (C=O) groups is 1. The predicted octanol–water partition coefficient (Wildman–Crippen LogP) is 8.20. The molecule has 2 saturated carbocycles. The molecule has 2 aromatic heterocycles. The molecule has 0 aliphatic heterocycles. The summed E-state index contributed by atoms with van der Waals surface area (Å²) in [5.41, 5.74) is 2.37. The normalized spacial score (nSPS) is 21.1. The van der Waals surface area contributed by atoms with Crippen LogP contribution in [0.15, 0.2) is 17.6 Å². The third kappa shape index (κ3) is 5.63. The largest absolute Gasteiger partial charge is 0.324 e. The number of pyridine rings is 1. The van der Waals surface area contributed by atoms with Gasteiger partial charge in [-0.05, 0) is 48.6 Å². The fourth-order valence-corrected chi connectivity index (χ4v) is 6.29. The monoisotopic (exact) mass is 426 g/mol. The quantitative estimate of drug-likeness (QED) is 0.537. The number of carbonyl (C=O) groups excluding carboxylic acids is 1. The summed E-state index contributed by atoms with van der Waals surface area (Å²) >= 11 is 1.72. The average molecular weight is 427 g/mol. The summed E-state index contributed by atoms with van der Waals surface area (Å²) in [5.74, 6) is 0.936. The second-order valence-corrected chi connectivity index (χ2v) is 10.4. The van der Waals surface area contributed by atoms with Crippen LogP contribution >= 0.6 is 11.3 Å². The topological polar surface area (TPSA) is 42.0 Å². The van der Waals surface area contributed by atoms with Crippen LogP contribution in [0.1, 0.15) is 114 Å². The first-order chi connectivity index (χ1) is 14.8. The maximum atomic E-state index is 13.3. The molecule has 4 heteroatoms. The van der Waals surface area contributed by atoms with E-state index in [0.29, 0.717) is 5.92 Å². The molecular formula is C26H38N2OS. The number of nitrogens with zero attached hydrogens (tertiary/aromatic N) is 1. The summed E-state index contributed by atoms with van der Waals surface area (Å²) in [6, 6.07) is 2.23. The van der Waals surface area contributed by atoms with Crippen molar-refractivity contribution in [2.75, 3.05) is 5.32 Å². The molecule has 30 heavy (non-hydrogen) atoms. The molecule has 2 aromatic rings. The molecule has 0 atom stereocenters. The fraction of sp³-hybridized carbons (Fsp3) is 0.692. The average Bonchev–Trinajstić information content (AvgIpc) is 3.30. The van der Waals surface area contributed by atoms with E-state index in [9.17, 15) is 4.79 Å². The highest BCUT2D eigenvalue weighted by Crippen LogP contribution is 2.40. The van der Waals surface area contributed by atoms with Gasteiger partial charge in [0.05, 0.1) is 11.9 Å². The number of fused-ring (bicyclic) bond motifs is 1. The molecule has 2 aliphatic rings. The van der Waals surface area contributed by atoms with Crippen LogP contribution in [0.3, 0.4) is 0 Å². The minimum Gasteiger partial charge on any atom is -0.324 e. The zero-order chi connectivity index (χ0) is 20.6. The first kappa shape index (κ1) is 21.8. The van der Waals surface area contributed by atoms with Gasteiger partial charge in [-0.1, -0.05) is 77.0 Å². The number of aromatic nitrogens is 1. The Morgan fingerprint density at radius 3 is 2.03 bits per heavy atom. The molecule has 1 amide bonds. The van der Waals surface area contributed by atoms with Crippen molar-refractivity contribution in [3.05, 3.63) is 23.2 Å². The van der Waals surface area contributed by atoms with Gasteiger partial charge in [-0.15, -0.1) is 11.3 Å². The van der Waals surface area contributed by atoms with Crippen molar-refractivity contribution in [1.82, 2.24) is 4.98 Å². The van der Waals surface area contributed by atoms with Crippen molar-refractivity contribution >= 4 is 33.1 Å². The minimum absolute atomic E-state index is 0.162. The molecule has 2 heterocycles. The van der Waals surface area contributed by atoms with E-state index < -0.39 is 0 Å². The zero-order valence-corrected chi connectivity index (χ0v) is 19.3. The number of thiophene rings is 1. The van der Waals surface area contributed by atoms with E-state index in [2.05, 4.69) is 16.8 Å². The van der Waals surface area contributed by atoms with E-state index in [0.717, 1.165) is 23.4 Å². The minimum atomic E-state index is 0.162. The highest BCUT2D eigenvalue weighted by atomic mass is 32.1. The van der Waals surface area contributed by atoms with Gasteiger partial charge in [0.25, 0.3) is 0 Å². The summed E-state index contributed by atoms with van der Waals surface area (Å²) in [5, 5.41) is 6.81. The van der Waals surface area contributed by atoms with Gasteiger partial charge >= 0.3 is 0 Å². The van der Waals surface area contributed by atoms with Crippen LogP contribution in [-0.4, -0.2) is 10.9 Å². The number of amides is 1. The SMILES string of the molecule is O=C(Nc1cnc2sccc2c1C1CCCCCCCC1)C1CCCCCCCC1. The second kappa shape index (κ2) is 11.3. The highest BCUT2D eigenvalue weighted by molar-refractivity contribution is 7.16. The van der Waals surface area contributed by atoms with Gasteiger partial charge in [0.2, 0.25) is 5.91 Å². The molecule has 0 unspecified atom stereocenters. The zero-order valence-electron chi connectivity index (χ0n) is 18.5. The Kier molecular flexibility index (Phi) is 8.19. The Bertz CT molecular complexity index is 794. The second-order valence-electron chi connectivity index (χ2n) is 9.51. The van der Waals surface area contributed by atoms with Crippen molar-refractivity contribution in [1.29, 1.82) is 0 Å². The Morgan fingerprint density at radius 1 is 0.833 bits per heavy atom. The molecular weight excluding hydrogens is 388 g/mol. The third-order valence-electron chi connectivity index (χ3n) is 7.28. The Morgan fingerprint density at radius 2 is 1.40 bits per heavy atom. The van der Waals surface area contributed by atoms with Gasteiger partial charge in [-0.3, -0.25) is 4.79 Å². The predicted molar refractivity (Wildman–Crippen MR) is 128 cm³/mol. The Balaban J connectivity index is 1.58. The first-order valence-electron chi connectivity index (χ1n) is 12.5. The smallest absolute Gasteiger partial charge is 0.227 e. The molecule has 0 saturated heterocycles. The number of nitrogens with one attached hydrogen (secondary N) is 1. The summed E-state index contributed by atoms with van der Waals surface area (Å²) in [6.45, 7) is 0. The molecule has 4 rings (SSSR count). The lowest BCUT2D eigenvalue weighted by atomic mass is 9.87. The van der Waals surface area contributed by atoms with Crippen molar-refractivity contribution < 1.29 is 4.79 Å². The lowest BCUT2D eigenvalue weighted by Crippen LogP contribution is -2.24. The van der Waals surface area contributed by atoms with Crippen molar-refractivity contribution in [2.45, 2.75) is 109 Å². The van der Waals surface area contributed by atoms with Gasteiger partial charge in [0.15, 0.2) is 0 Å². The number of hydrogen-bond acceptors (Lipinski definition) is 3. The molecule has 0 aromatic carbocycles. The van der Waals surface area contributed by atoms with Crippen molar-refractivity contribution in [3.63, 3.8) is 0 Å². The van der Waals surface area contributed by atoms with Crippen molar-refractivity contribution in [2.24, 2.45) is 5.92 Å². The number of rotatable bonds is 3. The highest BCUT2D eigenvalue weighted by Gasteiger charge is 2.24. The number of anilines is 1. The van der Waals surface area contributed by atoms with Gasteiger partial charge < -0.3 is 5.32 Å². The Labute approximate surface area is 186 Å². The maximum absolute atomic E-state index is 13.3. The summed E-state index contributed by atoms with van der Waals surface area (Å²) < 4.78 is 0. The molecule has 2 aliphatic carbocycles. The summed E-state index contributed by atoms with van der Waals surface area (Å²) in [7, 11) is 0. The molecule has 0 bridgehead atoms. The van der Waals surface area contributed by atoms with Crippen molar-refractivity contribution in [3.8, 4) is 0 Å². The third-order valence-corrected chi connectivity index (χ3v) is 8.10. The molecule has 3 nitrogen and oxygen atoms in total. The van der Waals surface area contributed by atoms with Crippen LogP contribution in [0, 0.1) is 5.92 Å². The maximum Gasteiger partial charge on any atom is 0.227 e.